The Morgan fingerprint density at radius 1 is 0.318 bits per heavy atom. The summed E-state index contributed by atoms with van der Waals surface area (Å²) in [5, 5.41) is 23.5. The zero-order chi connectivity index (χ0) is 63.5. The van der Waals surface area contributed by atoms with E-state index in [1.807, 2.05) is 0 Å². The quantitative estimate of drug-likeness (QED) is 0.0320. The minimum Gasteiger partial charge on any atom is -0.466 e. The van der Waals surface area contributed by atoms with Crippen molar-refractivity contribution in [1.82, 2.24) is 5.32 Å². The molecule has 0 aromatic carbocycles. The van der Waals surface area contributed by atoms with Gasteiger partial charge in [0.25, 0.3) is 0 Å². The molecule has 6 nitrogen and oxygen atoms in total. The number of aliphatic hydroxyl groups is 2. The van der Waals surface area contributed by atoms with Gasteiger partial charge in [0, 0.05) is 12.8 Å². The summed E-state index contributed by atoms with van der Waals surface area (Å²) >= 11 is 0. The molecule has 0 rings (SSSR count). The Balaban J connectivity index is 3.36. The van der Waals surface area contributed by atoms with Gasteiger partial charge in [-0.05, 0) is 83.5 Å². The number of amides is 1. The van der Waals surface area contributed by atoms with Crippen molar-refractivity contribution in [3.63, 3.8) is 0 Å². The van der Waals surface area contributed by atoms with Crippen molar-refractivity contribution in [3.05, 3.63) is 36.5 Å². The summed E-state index contributed by atoms with van der Waals surface area (Å²) in [4.78, 5) is 24.7. The van der Waals surface area contributed by atoms with E-state index in [0.717, 1.165) is 51.4 Å². The van der Waals surface area contributed by atoms with Gasteiger partial charge in [-0.25, -0.2) is 0 Å². The Labute approximate surface area is 551 Å². The van der Waals surface area contributed by atoms with E-state index in [2.05, 4.69) is 55.6 Å². The molecule has 0 radical (unpaired) electrons. The number of unbranched alkanes of at least 4 members (excludes halogenated alkanes) is 59. The molecule has 0 aliphatic carbocycles. The van der Waals surface area contributed by atoms with Crippen LogP contribution in [0.4, 0.5) is 0 Å². The van der Waals surface area contributed by atoms with E-state index in [-0.39, 0.29) is 18.5 Å². The molecule has 3 N–H and O–H groups in total. The lowest BCUT2D eigenvalue weighted by Crippen LogP contribution is -2.45. The number of hydrogen-bond donors (Lipinski definition) is 3. The number of carbonyl (C=O) groups is 2. The number of nitrogens with one attached hydrogen (secondary N) is 1. The Morgan fingerprint density at radius 3 is 0.886 bits per heavy atom. The fourth-order valence-electron chi connectivity index (χ4n) is 12.8. The lowest BCUT2D eigenvalue weighted by molar-refractivity contribution is -0.143. The molecule has 0 aliphatic heterocycles. The molecule has 0 spiro atoms. The minimum atomic E-state index is -0.664. The van der Waals surface area contributed by atoms with Gasteiger partial charge in [0.1, 0.15) is 0 Å². The summed E-state index contributed by atoms with van der Waals surface area (Å²) in [6.07, 6.45) is 101. The Kier molecular flexibility index (Phi) is 75.8. The van der Waals surface area contributed by atoms with Crippen molar-refractivity contribution in [2.24, 2.45) is 0 Å². The SMILES string of the molecule is CCCCCC/C=C\C/C=C\CCCCCCCC(=O)OCCCCCCCCCCCCCC/C=C\CCCCCCCCCCCCCCCCCCCC(=O)NC(CO)C(O)CCCCCCCCCCCCCCCCCCCCCCCC. The van der Waals surface area contributed by atoms with Crippen LogP contribution in [-0.4, -0.2) is 47.4 Å². The van der Waals surface area contributed by atoms with Gasteiger partial charge >= 0.3 is 5.97 Å². The first-order chi connectivity index (χ1) is 43.5. The lowest BCUT2D eigenvalue weighted by atomic mass is 10.0. The number of allylic oxidation sites excluding steroid dienone is 6. The molecule has 0 aromatic heterocycles. The fraction of sp³-hybridized carbons (Fsp3) is 0.902. The monoisotopic (exact) mass is 1240 g/mol. The predicted molar refractivity (Wildman–Crippen MR) is 389 cm³/mol. The number of carbonyl (C=O) groups excluding carboxylic acids is 2. The van der Waals surface area contributed by atoms with Crippen LogP contribution in [0.5, 0.6) is 0 Å². The molecule has 0 saturated heterocycles. The first kappa shape index (κ1) is 86.1. The molecule has 6 heteroatoms. The second kappa shape index (κ2) is 77.5. The molecular weight excluding hydrogens is 1080 g/mol. The topological polar surface area (TPSA) is 95.9 Å². The number of hydrogen-bond acceptors (Lipinski definition) is 5. The van der Waals surface area contributed by atoms with E-state index in [1.165, 1.54) is 366 Å². The summed E-state index contributed by atoms with van der Waals surface area (Å²) in [6, 6.07) is -0.541. The van der Waals surface area contributed by atoms with Gasteiger partial charge in [-0.15, -0.1) is 0 Å². The van der Waals surface area contributed by atoms with Crippen molar-refractivity contribution in [2.75, 3.05) is 13.2 Å². The molecule has 0 heterocycles. The highest BCUT2D eigenvalue weighted by Crippen LogP contribution is 2.20. The van der Waals surface area contributed by atoms with Gasteiger partial charge in [0.2, 0.25) is 5.91 Å². The molecule has 0 bridgehead atoms. The molecule has 88 heavy (non-hydrogen) atoms. The van der Waals surface area contributed by atoms with Crippen LogP contribution in [0.3, 0.4) is 0 Å². The summed E-state index contributed by atoms with van der Waals surface area (Å²) in [6.45, 7) is 4.98. The molecule has 0 aromatic rings. The number of rotatable bonds is 76. The standard InChI is InChI=1S/C82H157NO5/c1-3-5-7-9-11-13-15-17-19-21-22-23-37-40-43-46-50-54-58-62-66-70-74-80(85)79(78-84)83-81(86)75-71-67-63-59-55-51-47-44-41-38-35-33-31-29-27-25-24-26-28-30-32-34-36-39-42-45-49-53-57-61-65-69-73-77-88-82(87)76-72-68-64-60-56-52-48-20-18-16-14-12-10-8-6-4-2/h14,16,20,28,30,48,79-80,84-85H,3-13,15,17-19,21-27,29,31-47,49-78H2,1-2H3,(H,83,86)/b16-14-,30-28-,48-20-. The first-order valence-electron chi connectivity index (χ1n) is 40.2. The van der Waals surface area contributed by atoms with Crippen LogP contribution in [0, 0.1) is 0 Å². The zero-order valence-electron chi connectivity index (χ0n) is 59.7. The minimum absolute atomic E-state index is 0.00595. The second-order valence-corrected chi connectivity index (χ2v) is 27.7. The lowest BCUT2D eigenvalue weighted by Gasteiger charge is -2.22. The Morgan fingerprint density at radius 2 is 0.568 bits per heavy atom. The molecule has 2 unspecified atom stereocenters. The third kappa shape index (κ3) is 73.1. The normalized spacial score (nSPS) is 12.6. The Bertz CT molecular complexity index is 1430. The average Bonchev–Trinajstić information content (AvgIpc) is 3.58. The smallest absolute Gasteiger partial charge is 0.305 e. The van der Waals surface area contributed by atoms with Crippen LogP contribution in [0.15, 0.2) is 36.5 Å². The van der Waals surface area contributed by atoms with Gasteiger partial charge < -0.3 is 20.3 Å². The van der Waals surface area contributed by atoms with Gasteiger partial charge in [-0.1, -0.05) is 391 Å². The summed E-state index contributed by atoms with van der Waals surface area (Å²) in [5.74, 6) is -0.0208. The highest BCUT2D eigenvalue weighted by atomic mass is 16.5. The van der Waals surface area contributed by atoms with E-state index in [9.17, 15) is 19.8 Å². The van der Waals surface area contributed by atoms with Crippen molar-refractivity contribution >= 4 is 11.9 Å². The number of esters is 1. The first-order valence-corrected chi connectivity index (χ1v) is 40.2. The van der Waals surface area contributed by atoms with Crippen LogP contribution in [0.2, 0.25) is 0 Å². The molecule has 2 atom stereocenters. The van der Waals surface area contributed by atoms with Crippen LogP contribution in [0.25, 0.3) is 0 Å². The van der Waals surface area contributed by atoms with Crippen LogP contribution >= 0.6 is 0 Å². The maximum absolute atomic E-state index is 12.6. The van der Waals surface area contributed by atoms with Crippen molar-refractivity contribution < 1.29 is 24.5 Å². The predicted octanol–water partition coefficient (Wildman–Crippen LogP) is 26.6. The molecule has 0 aliphatic rings. The fourth-order valence-corrected chi connectivity index (χ4v) is 12.8. The summed E-state index contributed by atoms with van der Waals surface area (Å²) in [5.41, 5.74) is 0. The highest BCUT2D eigenvalue weighted by molar-refractivity contribution is 5.76. The van der Waals surface area contributed by atoms with Gasteiger partial charge in [-0.2, -0.15) is 0 Å². The second-order valence-electron chi connectivity index (χ2n) is 27.7. The average molecular weight is 1240 g/mol. The number of aliphatic hydroxyl groups excluding tert-OH is 2. The van der Waals surface area contributed by atoms with E-state index in [4.69, 9.17) is 4.74 Å². The van der Waals surface area contributed by atoms with E-state index < -0.39 is 12.1 Å². The molecule has 520 valence electrons. The van der Waals surface area contributed by atoms with E-state index >= 15 is 0 Å². The van der Waals surface area contributed by atoms with Crippen LogP contribution in [0.1, 0.15) is 450 Å². The summed E-state index contributed by atoms with van der Waals surface area (Å²) < 4.78 is 5.50. The number of ether oxygens (including phenoxy) is 1. The van der Waals surface area contributed by atoms with Crippen molar-refractivity contribution in [3.8, 4) is 0 Å². The van der Waals surface area contributed by atoms with Crippen LogP contribution in [-0.2, 0) is 14.3 Å². The maximum Gasteiger partial charge on any atom is 0.305 e. The van der Waals surface area contributed by atoms with Crippen LogP contribution < -0.4 is 5.32 Å². The maximum atomic E-state index is 12.6. The molecule has 0 saturated carbocycles. The largest absolute Gasteiger partial charge is 0.466 e. The molecule has 1 amide bonds. The Hall–Kier alpha value is -1.92. The highest BCUT2D eigenvalue weighted by Gasteiger charge is 2.20. The third-order valence-electron chi connectivity index (χ3n) is 18.9. The van der Waals surface area contributed by atoms with Gasteiger partial charge in [0.05, 0.1) is 25.4 Å². The van der Waals surface area contributed by atoms with E-state index in [1.54, 1.807) is 0 Å². The van der Waals surface area contributed by atoms with Gasteiger partial charge in [0.15, 0.2) is 0 Å². The van der Waals surface area contributed by atoms with Gasteiger partial charge in [-0.3, -0.25) is 9.59 Å². The van der Waals surface area contributed by atoms with Crippen molar-refractivity contribution in [2.45, 2.75) is 463 Å². The van der Waals surface area contributed by atoms with Crippen molar-refractivity contribution in [1.29, 1.82) is 0 Å². The molecule has 0 fully saturated rings. The van der Waals surface area contributed by atoms with E-state index in [0.29, 0.717) is 25.9 Å². The third-order valence-corrected chi connectivity index (χ3v) is 18.9. The zero-order valence-corrected chi connectivity index (χ0v) is 59.7. The summed E-state index contributed by atoms with van der Waals surface area (Å²) in [7, 11) is 0. The molecular formula is C82H157NO5.